The molecule has 0 saturated carbocycles. The van der Waals surface area contributed by atoms with E-state index in [0.717, 1.165) is 8.81 Å². The summed E-state index contributed by atoms with van der Waals surface area (Å²) in [4.78, 5) is 1.62. The third-order valence-electron chi connectivity index (χ3n) is 1.67. The summed E-state index contributed by atoms with van der Waals surface area (Å²) in [6, 6.07) is 2.08. The number of halogens is 3. The van der Waals surface area contributed by atoms with Gasteiger partial charge in [-0.25, -0.2) is 0 Å². The van der Waals surface area contributed by atoms with Gasteiger partial charge in [0, 0.05) is 9.35 Å². The molecule has 1 aromatic heterocycles. The van der Waals surface area contributed by atoms with Crippen molar-refractivity contribution in [3.05, 3.63) is 19.8 Å². The Labute approximate surface area is 105 Å². The summed E-state index contributed by atoms with van der Waals surface area (Å²) < 4.78 is 1.81. The van der Waals surface area contributed by atoms with Crippen LogP contribution in [0.2, 0.25) is 4.34 Å². The number of alkyl halides is 1. The van der Waals surface area contributed by atoms with Crippen LogP contribution in [0, 0.1) is 5.41 Å². The smallest absolute Gasteiger partial charge is 0.107 e. The molecule has 0 aliphatic heterocycles. The van der Waals surface area contributed by atoms with Crippen LogP contribution in [-0.4, -0.2) is 0 Å². The fourth-order valence-corrected chi connectivity index (χ4v) is 3.29. The number of rotatable bonds is 1. The van der Waals surface area contributed by atoms with Crippen molar-refractivity contribution in [2.24, 2.45) is 5.41 Å². The van der Waals surface area contributed by atoms with Crippen LogP contribution in [0.15, 0.2) is 10.5 Å². The number of thiophene rings is 1. The van der Waals surface area contributed by atoms with Crippen molar-refractivity contribution < 1.29 is 0 Å². The lowest BCUT2D eigenvalue weighted by molar-refractivity contribution is 0.410. The van der Waals surface area contributed by atoms with Gasteiger partial charge in [0.15, 0.2) is 0 Å². The summed E-state index contributed by atoms with van der Waals surface area (Å²) in [5, 5.41) is 0. The van der Waals surface area contributed by atoms with Crippen molar-refractivity contribution in [3.63, 3.8) is 0 Å². The van der Waals surface area contributed by atoms with Crippen LogP contribution in [0.1, 0.15) is 30.5 Å². The van der Waals surface area contributed by atoms with E-state index in [9.17, 15) is 0 Å². The van der Waals surface area contributed by atoms with Crippen LogP contribution < -0.4 is 0 Å². The maximum absolute atomic E-state index is 5.97. The van der Waals surface area contributed by atoms with E-state index in [4.69, 9.17) is 11.6 Å². The van der Waals surface area contributed by atoms with Crippen LogP contribution in [0.5, 0.6) is 0 Å². The van der Waals surface area contributed by atoms with Gasteiger partial charge in [0.05, 0.1) is 4.83 Å². The van der Waals surface area contributed by atoms with Crippen LogP contribution in [-0.2, 0) is 0 Å². The maximum Gasteiger partial charge on any atom is 0.107 e. The summed E-state index contributed by atoms with van der Waals surface area (Å²) in [6.07, 6.45) is 0. The average molecular weight is 347 g/mol. The van der Waals surface area contributed by atoms with Crippen LogP contribution >= 0.6 is 54.8 Å². The molecule has 0 N–H and O–H groups in total. The third-order valence-corrected chi connectivity index (χ3v) is 6.38. The Kier molecular flexibility index (Phi) is 3.90. The van der Waals surface area contributed by atoms with Crippen molar-refractivity contribution in [2.75, 3.05) is 0 Å². The molecule has 4 heteroatoms. The molecule has 0 saturated heterocycles. The van der Waals surface area contributed by atoms with Gasteiger partial charge in [0.25, 0.3) is 0 Å². The highest BCUT2D eigenvalue weighted by atomic mass is 79.9. The van der Waals surface area contributed by atoms with Crippen LogP contribution in [0.25, 0.3) is 0 Å². The van der Waals surface area contributed by atoms with Crippen molar-refractivity contribution in [3.8, 4) is 0 Å². The zero-order chi connectivity index (χ0) is 10.2. The largest absolute Gasteiger partial charge is 0.126 e. The molecule has 0 aliphatic carbocycles. The molecule has 0 aromatic carbocycles. The van der Waals surface area contributed by atoms with Gasteiger partial charge in [0.1, 0.15) is 4.34 Å². The van der Waals surface area contributed by atoms with Crippen LogP contribution in [0.4, 0.5) is 0 Å². The molecule has 0 fully saturated rings. The Morgan fingerprint density at radius 2 is 2.00 bits per heavy atom. The second-order valence-corrected chi connectivity index (χ2v) is 7.45. The summed E-state index contributed by atoms with van der Waals surface area (Å²) in [5.41, 5.74) is 0.216. The van der Waals surface area contributed by atoms with Crippen LogP contribution in [0.3, 0.4) is 0 Å². The molecule has 1 unspecified atom stereocenters. The molecule has 0 bridgehead atoms. The van der Waals surface area contributed by atoms with Crippen molar-refractivity contribution in [1.29, 1.82) is 0 Å². The lowest BCUT2D eigenvalue weighted by Crippen LogP contribution is -2.11. The SMILES string of the molecule is CC(C)(C)C(Br)c1cc(Br)c(Cl)s1. The molecule has 1 heterocycles. The Hall–Kier alpha value is 0.950. The maximum atomic E-state index is 5.97. The predicted molar refractivity (Wildman–Crippen MR) is 68.2 cm³/mol. The minimum absolute atomic E-state index is 0.216. The predicted octanol–water partition coefficient (Wildman–Crippen LogP) is 5.65. The second-order valence-electron chi connectivity index (χ2n) is 4.00. The second kappa shape index (κ2) is 4.21. The Balaban J connectivity index is 2.96. The quantitative estimate of drug-likeness (QED) is 0.577. The van der Waals surface area contributed by atoms with E-state index in [2.05, 4.69) is 58.7 Å². The van der Waals surface area contributed by atoms with Gasteiger partial charge in [-0.15, -0.1) is 11.3 Å². The molecular formula is C9H11Br2ClS. The molecule has 0 aliphatic rings. The molecule has 1 aromatic rings. The van der Waals surface area contributed by atoms with Gasteiger partial charge in [0.2, 0.25) is 0 Å². The first-order valence-electron chi connectivity index (χ1n) is 3.91. The molecule has 74 valence electrons. The first kappa shape index (κ1) is 12.0. The summed E-state index contributed by atoms with van der Waals surface area (Å²) in [5.74, 6) is 0. The Morgan fingerprint density at radius 3 is 2.31 bits per heavy atom. The van der Waals surface area contributed by atoms with Gasteiger partial charge >= 0.3 is 0 Å². The highest BCUT2D eigenvalue weighted by Gasteiger charge is 2.25. The van der Waals surface area contributed by atoms with E-state index >= 15 is 0 Å². The standard InChI is InChI=1S/C9H11Br2ClS/c1-9(2,3)7(11)6-4-5(10)8(12)13-6/h4,7H,1-3H3. The van der Waals surface area contributed by atoms with Gasteiger partial charge in [-0.05, 0) is 27.4 Å². The zero-order valence-corrected chi connectivity index (χ0v) is 12.4. The Morgan fingerprint density at radius 1 is 1.46 bits per heavy atom. The lowest BCUT2D eigenvalue weighted by Gasteiger charge is -2.24. The van der Waals surface area contributed by atoms with E-state index in [1.807, 2.05) is 0 Å². The number of hydrogen-bond donors (Lipinski definition) is 0. The fourth-order valence-electron chi connectivity index (χ4n) is 0.915. The van der Waals surface area contributed by atoms with Gasteiger partial charge in [-0.3, -0.25) is 0 Å². The van der Waals surface area contributed by atoms with E-state index in [0.29, 0.717) is 4.83 Å². The van der Waals surface area contributed by atoms with Gasteiger partial charge in [-0.2, -0.15) is 0 Å². The zero-order valence-electron chi connectivity index (χ0n) is 7.70. The molecule has 0 nitrogen and oxygen atoms in total. The van der Waals surface area contributed by atoms with E-state index in [1.54, 1.807) is 11.3 Å². The molecule has 0 spiro atoms. The third kappa shape index (κ3) is 2.95. The molecule has 13 heavy (non-hydrogen) atoms. The highest BCUT2D eigenvalue weighted by molar-refractivity contribution is 9.10. The van der Waals surface area contributed by atoms with Crippen molar-refractivity contribution in [1.82, 2.24) is 0 Å². The van der Waals surface area contributed by atoms with E-state index < -0.39 is 0 Å². The minimum Gasteiger partial charge on any atom is -0.126 e. The van der Waals surface area contributed by atoms with E-state index in [-0.39, 0.29) is 5.41 Å². The average Bonchev–Trinajstić information content (AvgIpc) is 2.29. The molecule has 1 atom stereocenters. The highest BCUT2D eigenvalue weighted by Crippen LogP contribution is 2.46. The molecule has 0 radical (unpaired) electrons. The normalized spacial score (nSPS) is 14.6. The number of hydrogen-bond acceptors (Lipinski definition) is 1. The van der Waals surface area contributed by atoms with Crippen molar-refractivity contribution in [2.45, 2.75) is 25.6 Å². The topological polar surface area (TPSA) is 0 Å². The fraction of sp³-hybridized carbons (Fsp3) is 0.556. The first-order valence-corrected chi connectivity index (χ1v) is 6.81. The van der Waals surface area contributed by atoms with Gasteiger partial charge < -0.3 is 0 Å². The minimum atomic E-state index is 0.216. The lowest BCUT2D eigenvalue weighted by atomic mass is 9.91. The van der Waals surface area contributed by atoms with Crippen molar-refractivity contribution >= 4 is 54.8 Å². The Bertz CT molecular complexity index is 282. The molecular weight excluding hydrogens is 335 g/mol. The van der Waals surface area contributed by atoms with E-state index in [1.165, 1.54) is 4.88 Å². The monoisotopic (exact) mass is 344 g/mol. The summed E-state index contributed by atoms with van der Waals surface area (Å²) in [6.45, 7) is 6.61. The first-order chi connectivity index (χ1) is 5.82. The van der Waals surface area contributed by atoms with Gasteiger partial charge in [-0.1, -0.05) is 48.3 Å². The summed E-state index contributed by atoms with van der Waals surface area (Å²) >= 11 is 14.7. The molecule has 0 amide bonds. The molecule has 1 rings (SSSR count). The summed E-state index contributed by atoms with van der Waals surface area (Å²) in [7, 11) is 0.